The number of halogens is 2. The van der Waals surface area contributed by atoms with Gasteiger partial charge in [-0.3, -0.25) is 5.43 Å². The predicted octanol–water partition coefficient (Wildman–Crippen LogP) is 0.587. The largest absolute Gasteiger partial charge is 0.369 e. The Kier molecular flexibility index (Phi) is 8.34. The average molecular weight is 332 g/mol. The number of hydrazine groups is 1. The Bertz CT molecular complexity index is 455. The molecule has 0 aliphatic rings. The molecule has 0 aliphatic heterocycles. The maximum Gasteiger partial charge on any atom is 0.248 e. The molecule has 6 N–H and O–H groups in total. The van der Waals surface area contributed by atoms with Gasteiger partial charge in [0.1, 0.15) is 0 Å². The number of rotatable bonds is 7. The van der Waals surface area contributed by atoms with Gasteiger partial charge in [0.2, 0.25) is 5.96 Å². The van der Waals surface area contributed by atoms with Crippen molar-refractivity contribution in [2.75, 3.05) is 29.7 Å². The van der Waals surface area contributed by atoms with Gasteiger partial charge in [0.25, 0.3) is 0 Å². The average Bonchev–Trinajstić information content (AvgIpc) is 2.52. The summed E-state index contributed by atoms with van der Waals surface area (Å²) < 4.78 is 0. The molecule has 0 radical (unpaired) electrons. The first kappa shape index (κ1) is 17.4. The van der Waals surface area contributed by atoms with Gasteiger partial charge in [-0.05, 0) is 17.7 Å². The molecule has 0 aliphatic carbocycles. The highest BCUT2D eigenvalue weighted by molar-refractivity contribution is 6.18. The van der Waals surface area contributed by atoms with E-state index in [2.05, 4.69) is 26.0 Å². The van der Waals surface area contributed by atoms with Crippen LogP contribution in [0.4, 0.5) is 5.69 Å². The molecule has 0 amide bonds. The van der Waals surface area contributed by atoms with Gasteiger partial charge in [0.05, 0.1) is 6.21 Å². The van der Waals surface area contributed by atoms with Crippen LogP contribution in [0.25, 0.3) is 0 Å². The SMILES string of the molecule is N/N=C(/NN)NN=Cc1ccc(N(CCCl)CCCl)cc1. The van der Waals surface area contributed by atoms with Crippen molar-refractivity contribution in [3.05, 3.63) is 29.8 Å². The number of anilines is 1. The van der Waals surface area contributed by atoms with Crippen molar-refractivity contribution in [3.63, 3.8) is 0 Å². The van der Waals surface area contributed by atoms with Crippen molar-refractivity contribution >= 4 is 41.1 Å². The smallest absolute Gasteiger partial charge is 0.248 e. The Morgan fingerprint density at radius 3 is 2.29 bits per heavy atom. The summed E-state index contributed by atoms with van der Waals surface area (Å²) in [7, 11) is 0. The van der Waals surface area contributed by atoms with Gasteiger partial charge in [-0.1, -0.05) is 12.1 Å². The Morgan fingerprint density at radius 1 is 1.19 bits per heavy atom. The first-order valence-electron chi connectivity index (χ1n) is 6.25. The van der Waals surface area contributed by atoms with Crippen molar-refractivity contribution in [2.45, 2.75) is 0 Å². The summed E-state index contributed by atoms with van der Waals surface area (Å²) in [6, 6.07) is 7.84. The van der Waals surface area contributed by atoms with Gasteiger partial charge in [-0.25, -0.2) is 11.3 Å². The van der Waals surface area contributed by atoms with Gasteiger partial charge in [0.15, 0.2) is 0 Å². The van der Waals surface area contributed by atoms with Crippen LogP contribution in [-0.4, -0.2) is 37.0 Å². The first-order valence-corrected chi connectivity index (χ1v) is 7.32. The van der Waals surface area contributed by atoms with Crippen LogP contribution in [0.3, 0.4) is 0 Å². The van der Waals surface area contributed by atoms with Gasteiger partial charge in [-0.2, -0.15) is 5.10 Å². The van der Waals surface area contributed by atoms with Crippen LogP contribution in [0, 0.1) is 0 Å². The van der Waals surface area contributed by atoms with Crippen LogP contribution in [-0.2, 0) is 0 Å². The molecular formula is C12H19Cl2N7. The van der Waals surface area contributed by atoms with Crippen LogP contribution in [0.1, 0.15) is 5.56 Å². The third-order valence-corrected chi connectivity index (χ3v) is 2.96. The highest BCUT2D eigenvalue weighted by Crippen LogP contribution is 2.14. The number of hydrogen-bond acceptors (Lipinski definition) is 5. The fourth-order valence-electron chi connectivity index (χ4n) is 1.61. The molecule has 0 saturated heterocycles. The topological polar surface area (TPSA) is 104 Å². The maximum absolute atomic E-state index is 5.79. The van der Waals surface area contributed by atoms with Crippen LogP contribution in [0.5, 0.6) is 0 Å². The number of nitrogens with one attached hydrogen (secondary N) is 2. The number of benzene rings is 1. The third-order valence-electron chi connectivity index (χ3n) is 2.62. The van der Waals surface area contributed by atoms with Crippen molar-refractivity contribution in [2.24, 2.45) is 21.9 Å². The lowest BCUT2D eigenvalue weighted by atomic mass is 10.2. The summed E-state index contributed by atoms with van der Waals surface area (Å²) >= 11 is 11.6. The van der Waals surface area contributed by atoms with E-state index in [1.54, 1.807) is 6.21 Å². The van der Waals surface area contributed by atoms with Crippen molar-refractivity contribution in [1.29, 1.82) is 0 Å². The zero-order valence-corrected chi connectivity index (χ0v) is 13.0. The summed E-state index contributed by atoms with van der Waals surface area (Å²) in [6.45, 7) is 1.50. The van der Waals surface area contributed by atoms with E-state index < -0.39 is 0 Å². The van der Waals surface area contributed by atoms with E-state index in [0.29, 0.717) is 11.8 Å². The summed E-state index contributed by atoms with van der Waals surface area (Å²) in [4.78, 5) is 2.12. The number of nitrogens with two attached hydrogens (primary N) is 2. The van der Waals surface area contributed by atoms with E-state index in [1.165, 1.54) is 0 Å². The lowest BCUT2D eigenvalue weighted by Gasteiger charge is -2.22. The normalized spacial score (nSPS) is 11.7. The minimum Gasteiger partial charge on any atom is -0.369 e. The molecule has 0 heterocycles. The van der Waals surface area contributed by atoms with E-state index in [0.717, 1.165) is 24.3 Å². The summed E-state index contributed by atoms with van der Waals surface area (Å²) in [5.74, 6) is 11.5. The van der Waals surface area contributed by atoms with E-state index in [4.69, 9.17) is 34.9 Å². The zero-order valence-electron chi connectivity index (χ0n) is 11.5. The molecule has 0 bridgehead atoms. The summed E-state index contributed by atoms with van der Waals surface area (Å²) in [6.07, 6.45) is 1.62. The zero-order chi connectivity index (χ0) is 15.5. The second-order valence-corrected chi connectivity index (χ2v) is 4.70. The molecule has 1 rings (SSSR count). The quantitative estimate of drug-likeness (QED) is 0.192. The molecule has 0 unspecified atom stereocenters. The number of guanidine groups is 1. The number of alkyl halides is 2. The van der Waals surface area contributed by atoms with Gasteiger partial charge in [-0.15, -0.1) is 28.3 Å². The Hall–Kier alpha value is -1.70. The molecule has 1 aromatic carbocycles. The van der Waals surface area contributed by atoms with Gasteiger partial charge >= 0.3 is 0 Å². The molecule has 21 heavy (non-hydrogen) atoms. The van der Waals surface area contributed by atoms with E-state index in [-0.39, 0.29) is 5.96 Å². The summed E-state index contributed by atoms with van der Waals surface area (Å²) in [5.41, 5.74) is 6.79. The van der Waals surface area contributed by atoms with Gasteiger partial charge < -0.3 is 10.7 Å². The number of hydrazone groups is 2. The lowest BCUT2D eigenvalue weighted by molar-refractivity contribution is 0.874. The van der Waals surface area contributed by atoms with Crippen LogP contribution in [0.2, 0.25) is 0 Å². The van der Waals surface area contributed by atoms with E-state index in [1.807, 2.05) is 24.3 Å². The molecule has 0 aromatic heterocycles. The van der Waals surface area contributed by atoms with Crippen LogP contribution >= 0.6 is 23.2 Å². The maximum atomic E-state index is 5.79. The molecular weight excluding hydrogens is 313 g/mol. The fraction of sp³-hybridized carbons (Fsp3) is 0.333. The van der Waals surface area contributed by atoms with E-state index >= 15 is 0 Å². The van der Waals surface area contributed by atoms with Crippen molar-refractivity contribution in [1.82, 2.24) is 10.9 Å². The third kappa shape index (κ3) is 6.07. The van der Waals surface area contributed by atoms with E-state index in [9.17, 15) is 0 Å². The lowest BCUT2D eigenvalue weighted by Crippen LogP contribution is -2.39. The second-order valence-electron chi connectivity index (χ2n) is 3.95. The van der Waals surface area contributed by atoms with Crippen molar-refractivity contribution in [3.8, 4) is 0 Å². The highest BCUT2D eigenvalue weighted by atomic mass is 35.5. The Labute approximate surface area is 133 Å². The van der Waals surface area contributed by atoms with Crippen molar-refractivity contribution < 1.29 is 0 Å². The molecule has 0 atom stereocenters. The predicted molar refractivity (Wildman–Crippen MR) is 89.8 cm³/mol. The molecule has 9 heteroatoms. The number of nitrogens with zero attached hydrogens (tertiary/aromatic N) is 3. The molecule has 1 aromatic rings. The molecule has 116 valence electrons. The minimum atomic E-state index is 0.165. The highest BCUT2D eigenvalue weighted by Gasteiger charge is 2.04. The summed E-state index contributed by atoms with van der Waals surface area (Å²) in [5, 5.41) is 7.29. The standard InChI is InChI=1S/C12H19Cl2N7/c13-5-7-21(8-6-14)11-3-1-10(2-4-11)9-17-20-12(18-15)19-16/h1-4,9H,5-8,15-16H2,(H2,18,19,20). The second kappa shape index (κ2) is 10.1. The Morgan fingerprint density at radius 2 is 1.81 bits per heavy atom. The minimum absolute atomic E-state index is 0.165. The molecule has 0 spiro atoms. The monoisotopic (exact) mass is 331 g/mol. The molecule has 0 saturated carbocycles. The number of hydrogen-bond donors (Lipinski definition) is 4. The fourth-order valence-corrected chi connectivity index (χ4v) is 2.02. The Balaban J connectivity index is 2.66. The molecule has 7 nitrogen and oxygen atoms in total. The first-order chi connectivity index (χ1) is 10.2. The van der Waals surface area contributed by atoms with Gasteiger partial charge in [0, 0.05) is 30.5 Å². The van der Waals surface area contributed by atoms with Crippen LogP contribution < -0.4 is 27.4 Å². The van der Waals surface area contributed by atoms with Crippen LogP contribution in [0.15, 0.2) is 34.5 Å². The molecule has 0 fully saturated rings.